The van der Waals surface area contributed by atoms with Gasteiger partial charge in [-0.3, -0.25) is 10.1 Å². The number of methoxy groups -OCH3 is 1. The number of urea groups is 1. The van der Waals surface area contributed by atoms with Gasteiger partial charge in [-0.25, -0.2) is 14.2 Å². The maximum Gasteiger partial charge on any atom is 0.320 e. The second-order valence-corrected chi connectivity index (χ2v) is 7.65. The van der Waals surface area contributed by atoms with Crippen LogP contribution in [0.3, 0.4) is 0 Å². The lowest BCUT2D eigenvalue weighted by atomic mass is 9.91. The molecule has 7 nitrogen and oxygen atoms in total. The zero-order valence-electron chi connectivity index (χ0n) is 16.8. The number of carbonyl (C=O) groups is 2. The minimum absolute atomic E-state index is 0.0268. The molecule has 1 aromatic heterocycles. The van der Waals surface area contributed by atoms with Crippen molar-refractivity contribution in [2.75, 3.05) is 12.4 Å². The van der Waals surface area contributed by atoms with Crippen LogP contribution in [-0.2, 0) is 4.79 Å². The Bertz CT molecular complexity index is 932. The van der Waals surface area contributed by atoms with Crippen LogP contribution in [0.2, 0.25) is 5.02 Å². The van der Waals surface area contributed by atoms with Gasteiger partial charge >= 0.3 is 6.03 Å². The van der Waals surface area contributed by atoms with E-state index < -0.39 is 5.82 Å². The average molecular weight is 435 g/mol. The summed E-state index contributed by atoms with van der Waals surface area (Å²) in [7, 11) is 1.45. The highest BCUT2D eigenvalue weighted by Gasteiger charge is 2.23. The molecule has 3 rings (SSSR count). The SMILES string of the molecule is COc1cc(F)ccc1-c1cc(NC(=O)NC2CCC(NC(C)=O)CC2)ncc1Cl. The van der Waals surface area contributed by atoms with Crippen LogP contribution in [0, 0.1) is 5.82 Å². The molecule has 1 aliphatic rings. The van der Waals surface area contributed by atoms with E-state index in [4.69, 9.17) is 16.3 Å². The maximum absolute atomic E-state index is 13.5. The van der Waals surface area contributed by atoms with Crippen molar-refractivity contribution in [3.8, 4) is 16.9 Å². The predicted octanol–water partition coefficient (Wildman–Crippen LogP) is 4.12. The summed E-state index contributed by atoms with van der Waals surface area (Å²) in [6.45, 7) is 1.51. The molecule has 3 amide bonds. The summed E-state index contributed by atoms with van der Waals surface area (Å²) in [5.41, 5.74) is 1.15. The van der Waals surface area contributed by atoms with Crippen molar-refractivity contribution in [2.45, 2.75) is 44.7 Å². The van der Waals surface area contributed by atoms with Crippen molar-refractivity contribution < 1.29 is 18.7 Å². The molecule has 1 saturated carbocycles. The molecule has 160 valence electrons. The van der Waals surface area contributed by atoms with E-state index in [-0.39, 0.29) is 24.0 Å². The highest BCUT2D eigenvalue weighted by Crippen LogP contribution is 2.36. The Morgan fingerprint density at radius 1 is 1.10 bits per heavy atom. The van der Waals surface area contributed by atoms with Gasteiger partial charge < -0.3 is 15.4 Å². The Morgan fingerprint density at radius 3 is 2.40 bits per heavy atom. The van der Waals surface area contributed by atoms with E-state index in [0.29, 0.717) is 27.7 Å². The van der Waals surface area contributed by atoms with Gasteiger partial charge in [-0.15, -0.1) is 0 Å². The maximum atomic E-state index is 13.5. The average Bonchev–Trinajstić information content (AvgIpc) is 2.70. The van der Waals surface area contributed by atoms with Crippen LogP contribution in [0.4, 0.5) is 15.0 Å². The number of nitrogens with one attached hydrogen (secondary N) is 3. The highest BCUT2D eigenvalue weighted by molar-refractivity contribution is 6.33. The molecule has 1 aliphatic carbocycles. The van der Waals surface area contributed by atoms with E-state index in [9.17, 15) is 14.0 Å². The molecule has 0 atom stereocenters. The van der Waals surface area contributed by atoms with Crippen molar-refractivity contribution in [1.29, 1.82) is 0 Å². The Balaban J connectivity index is 1.65. The Hall–Kier alpha value is -2.87. The van der Waals surface area contributed by atoms with Gasteiger partial charge in [-0.1, -0.05) is 11.6 Å². The first kappa shape index (κ1) is 21.8. The third kappa shape index (κ3) is 5.60. The highest BCUT2D eigenvalue weighted by atomic mass is 35.5. The van der Waals surface area contributed by atoms with E-state index in [0.717, 1.165) is 25.7 Å². The van der Waals surface area contributed by atoms with Gasteiger partial charge in [0.05, 0.1) is 12.1 Å². The molecule has 0 unspecified atom stereocenters. The van der Waals surface area contributed by atoms with Crippen molar-refractivity contribution in [3.63, 3.8) is 0 Å². The second kappa shape index (κ2) is 9.75. The molecule has 0 radical (unpaired) electrons. The van der Waals surface area contributed by atoms with E-state index >= 15 is 0 Å². The molecule has 0 aliphatic heterocycles. The molecule has 9 heteroatoms. The molecular formula is C21H24ClFN4O3. The number of amides is 3. The first-order valence-electron chi connectivity index (χ1n) is 9.69. The number of halogens is 2. The number of nitrogens with zero attached hydrogens (tertiary/aromatic N) is 1. The fourth-order valence-electron chi connectivity index (χ4n) is 3.61. The third-order valence-electron chi connectivity index (χ3n) is 5.02. The first-order chi connectivity index (χ1) is 14.4. The minimum Gasteiger partial charge on any atom is -0.496 e. The van der Waals surface area contributed by atoms with E-state index in [2.05, 4.69) is 20.9 Å². The molecule has 1 fully saturated rings. The van der Waals surface area contributed by atoms with Crippen LogP contribution in [0.25, 0.3) is 11.1 Å². The Morgan fingerprint density at radius 2 is 1.77 bits per heavy atom. The molecule has 2 aromatic rings. The number of aromatic nitrogens is 1. The molecule has 30 heavy (non-hydrogen) atoms. The van der Waals surface area contributed by atoms with Gasteiger partial charge in [0.15, 0.2) is 0 Å². The predicted molar refractivity (Wildman–Crippen MR) is 113 cm³/mol. The fraction of sp³-hybridized carbons (Fsp3) is 0.381. The Labute approximate surface area is 179 Å². The van der Waals surface area contributed by atoms with E-state index in [1.54, 1.807) is 12.1 Å². The second-order valence-electron chi connectivity index (χ2n) is 7.24. The molecule has 0 spiro atoms. The lowest BCUT2D eigenvalue weighted by Crippen LogP contribution is -2.44. The van der Waals surface area contributed by atoms with Gasteiger partial charge in [-0.2, -0.15) is 0 Å². The van der Waals surface area contributed by atoms with Crippen molar-refractivity contribution in [1.82, 2.24) is 15.6 Å². The summed E-state index contributed by atoms with van der Waals surface area (Å²) in [4.78, 5) is 27.7. The largest absolute Gasteiger partial charge is 0.496 e. The van der Waals surface area contributed by atoms with Crippen LogP contribution in [0.1, 0.15) is 32.6 Å². The smallest absolute Gasteiger partial charge is 0.320 e. The van der Waals surface area contributed by atoms with Crippen LogP contribution in [0.15, 0.2) is 30.5 Å². The van der Waals surface area contributed by atoms with E-state index in [1.807, 2.05) is 0 Å². The van der Waals surface area contributed by atoms with Crippen molar-refractivity contribution >= 4 is 29.4 Å². The number of rotatable bonds is 5. The normalized spacial score (nSPS) is 18.4. The number of hydrogen-bond acceptors (Lipinski definition) is 4. The van der Waals surface area contributed by atoms with Gasteiger partial charge in [0.1, 0.15) is 17.4 Å². The summed E-state index contributed by atoms with van der Waals surface area (Å²) in [5, 5.41) is 8.91. The number of anilines is 1. The molecule has 1 heterocycles. The lowest BCUT2D eigenvalue weighted by molar-refractivity contribution is -0.119. The van der Waals surface area contributed by atoms with Crippen LogP contribution in [0.5, 0.6) is 5.75 Å². The number of carbonyl (C=O) groups excluding carboxylic acids is 2. The summed E-state index contributed by atoms with van der Waals surface area (Å²) in [6, 6.07) is 5.58. The van der Waals surface area contributed by atoms with Crippen molar-refractivity contribution in [3.05, 3.63) is 41.3 Å². The monoisotopic (exact) mass is 434 g/mol. The van der Waals surface area contributed by atoms with Gasteiger partial charge in [0, 0.05) is 42.4 Å². The summed E-state index contributed by atoms with van der Waals surface area (Å²) in [6.07, 6.45) is 4.62. The van der Waals surface area contributed by atoms with Crippen molar-refractivity contribution in [2.24, 2.45) is 0 Å². The lowest BCUT2D eigenvalue weighted by Gasteiger charge is -2.29. The minimum atomic E-state index is -0.424. The third-order valence-corrected chi connectivity index (χ3v) is 5.32. The summed E-state index contributed by atoms with van der Waals surface area (Å²) < 4.78 is 18.7. The van der Waals surface area contributed by atoms with Crippen LogP contribution >= 0.6 is 11.6 Å². The standard InChI is InChI=1S/C21H24ClFN4O3/c1-12(28)25-14-4-6-15(7-5-14)26-21(29)27-20-10-17(18(22)11-24-20)16-8-3-13(23)9-19(16)30-2/h3,8-11,14-15H,4-7H2,1-2H3,(H,25,28)(H2,24,26,27,29). The number of benzene rings is 1. The molecule has 0 saturated heterocycles. The first-order valence-corrected chi connectivity index (χ1v) is 10.1. The zero-order valence-corrected chi connectivity index (χ0v) is 17.6. The molecular weight excluding hydrogens is 411 g/mol. The van der Waals surface area contributed by atoms with Crippen LogP contribution < -0.4 is 20.7 Å². The quantitative estimate of drug-likeness (QED) is 0.660. The number of pyridine rings is 1. The number of hydrogen-bond donors (Lipinski definition) is 3. The zero-order chi connectivity index (χ0) is 21.7. The molecule has 1 aromatic carbocycles. The molecule has 3 N–H and O–H groups in total. The topological polar surface area (TPSA) is 92.4 Å². The van der Waals surface area contributed by atoms with Gasteiger partial charge in [0.2, 0.25) is 5.91 Å². The summed E-state index contributed by atoms with van der Waals surface area (Å²) >= 11 is 6.27. The van der Waals surface area contributed by atoms with Gasteiger partial charge in [-0.05, 0) is 43.9 Å². The number of ether oxygens (including phenoxy) is 1. The summed E-state index contributed by atoms with van der Waals surface area (Å²) in [5.74, 6) is 0.179. The van der Waals surface area contributed by atoms with Gasteiger partial charge in [0.25, 0.3) is 0 Å². The van der Waals surface area contributed by atoms with E-state index in [1.165, 1.54) is 32.4 Å². The fourth-order valence-corrected chi connectivity index (χ4v) is 3.81. The van der Waals surface area contributed by atoms with Crippen LogP contribution in [-0.4, -0.2) is 36.1 Å². The Kier molecular flexibility index (Phi) is 7.10. The molecule has 0 bridgehead atoms.